The number of rotatable bonds is 50. The van der Waals surface area contributed by atoms with Crippen LogP contribution >= 0.6 is 7.82 Å². The zero-order valence-electron chi connectivity index (χ0n) is 83.4. The fourth-order valence-electron chi connectivity index (χ4n) is 17.2. The number of hydrogen-bond donors (Lipinski definition) is 11. The molecule has 0 unspecified atom stereocenters. The Hall–Kier alpha value is -15.2. The van der Waals surface area contributed by atoms with Gasteiger partial charge in [-0.2, -0.15) is 0 Å². The van der Waals surface area contributed by atoms with Gasteiger partial charge in [0.1, 0.15) is 45.5 Å². The Kier molecular flexibility index (Phi) is 38.8. The second kappa shape index (κ2) is 52.2. The number of nitrogens with one attached hydrogen (secondary N) is 3. The van der Waals surface area contributed by atoms with Crippen molar-refractivity contribution in [2.24, 2.45) is 0 Å². The maximum absolute atomic E-state index is 12.1. The van der Waals surface area contributed by atoms with Crippen LogP contribution in [0.2, 0.25) is 0 Å². The van der Waals surface area contributed by atoms with Gasteiger partial charge in [-0.05, 0) is 147 Å². The lowest BCUT2D eigenvalue weighted by Gasteiger charge is -2.14. The molecule has 6 aromatic carbocycles. The van der Waals surface area contributed by atoms with E-state index in [0.29, 0.717) is 156 Å². The number of phenols is 3. The molecule has 44 heteroatoms. The minimum absolute atomic E-state index is 0.0199. The van der Waals surface area contributed by atoms with Gasteiger partial charge >= 0.3 is 25.7 Å². The molecule has 6 aromatic heterocycles. The number of aryl methyl sites for hydroxylation is 5. The number of phenolic OH excluding ortho intramolecular Hbond substituents is 3. The van der Waals surface area contributed by atoms with Crippen LogP contribution in [0.25, 0.3) is 65.8 Å². The van der Waals surface area contributed by atoms with Gasteiger partial charge in [-0.3, -0.25) is 52.9 Å². The number of imidazole rings is 3. The van der Waals surface area contributed by atoms with Crippen LogP contribution in [0.5, 0.6) is 23.0 Å². The molecule has 786 valence electrons. The highest BCUT2D eigenvalue weighted by Gasteiger charge is 2.36. The van der Waals surface area contributed by atoms with E-state index in [1.54, 1.807) is 37.3 Å². The number of carbonyl (C=O) groups excluding carboxylic acids is 12. The molecule has 0 aliphatic carbocycles. The number of benzene rings is 6. The molecular formula is C104H125N18O25P. The van der Waals surface area contributed by atoms with Crippen LogP contribution < -0.4 is 37.7 Å². The highest BCUT2D eigenvalue weighted by Crippen LogP contribution is 2.41. The molecule has 0 radical (unpaired) electrons. The molecule has 3 saturated heterocycles. The van der Waals surface area contributed by atoms with E-state index in [2.05, 4.69) is 68.0 Å². The Morgan fingerprint density at radius 1 is 0.378 bits per heavy atom. The molecule has 148 heavy (non-hydrogen) atoms. The first-order valence-corrected chi connectivity index (χ1v) is 51.2. The normalized spacial score (nSPS) is 13.2. The number of carbonyl (C=O) groups is 12. The zero-order chi connectivity index (χ0) is 106. The van der Waals surface area contributed by atoms with Gasteiger partial charge in [0.2, 0.25) is 17.7 Å². The Labute approximate surface area is 851 Å². The predicted molar refractivity (Wildman–Crippen MR) is 544 cm³/mol. The summed E-state index contributed by atoms with van der Waals surface area (Å²) in [6, 6.07) is 33.8. The number of hydroxylamine groups is 6. The molecule has 0 spiro atoms. The van der Waals surface area contributed by atoms with Gasteiger partial charge in [0, 0.05) is 151 Å². The first kappa shape index (κ1) is 110. The molecule has 14 N–H and O–H groups in total. The summed E-state index contributed by atoms with van der Waals surface area (Å²) in [7, 11) is -4.69. The molecule has 15 rings (SSSR count). The van der Waals surface area contributed by atoms with Crippen molar-refractivity contribution in [2.45, 2.75) is 228 Å². The molecule has 0 atom stereocenters. The summed E-state index contributed by atoms with van der Waals surface area (Å²) in [5.41, 5.74) is 33.0. The van der Waals surface area contributed by atoms with Crippen LogP contribution in [0.3, 0.4) is 0 Å². The Morgan fingerprint density at radius 2 is 0.709 bits per heavy atom. The van der Waals surface area contributed by atoms with Crippen LogP contribution in [0.1, 0.15) is 218 Å². The maximum atomic E-state index is 12.1. The van der Waals surface area contributed by atoms with Gasteiger partial charge in [-0.1, -0.05) is 113 Å². The summed E-state index contributed by atoms with van der Waals surface area (Å²) >= 11 is 0. The molecule has 9 heterocycles. The average molecular weight is 2060 g/mol. The molecular weight excluding hydrogens is 1930 g/mol. The van der Waals surface area contributed by atoms with E-state index in [1.165, 1.54) is 6.07 Å². The quantitative estimate of drug-likeness (QED) is 0.00730. The van der Waals surface area contributed by atoms with Crippen molar-refractivity contribution in [3.63, 3.8) is 0 Å². The molecule has 9 amide bonds. The highest BCUT2D eigenvalue weighted by molar-refractivity contribution is 7.46. The number of phosphoric acid groups is 1. The minimum atomic E-state index is -4.69. The summed E-state index contributed by atoms with van der Waals surface area (Å²) in [5.74, 6) is -2.48. The summed E-state index contributed by atoms with van der Waals surface area (Å²) in [6.07, 6.45) is 10.8. The van der Waals surface area contributed by atoms with E-state index < -0.39 is 61.2 Å². The van der Waals surface area contributed by atoms with Gasteiger partial charge in [-0.15, -0.1) is 15.2 Å². The third kappa shape index (κ3) is 29.6. The van der Waals surface area contributed by atoms with Gasteiger partial charge in [0.05, 0.1) is 79.3 Å². The van der Waals surface area contributed by atoms with Crippen LogP contribution in [-0.2, 0) is 149 Å². The van der Waals surface area contributed by atoms with E-state index in [1.807, 2.05) is 72.2 Å². The van der Waals surface area contributed by atoms with Crippen molar-refractivity contribution in [3.05, 3.63) is 171 Å². The third-order valence-corrected chi connectivity index (χ3v) is 25.3. The van der Waals surface area contributed by atoms with Crippen molar-refractivity contribution < 1.29 is 120 Å². The van der Waals surface area contributed by atoms with Crippen LogP contribution in [0.15, 0.2) is 109 Å². The molecule has 3 aliphatic heterocycles. The van der Waals surface area contributed by atoms with E-state index in [4.69, 9.17) is 70.4 Å². The number of hydrogen-bond acceptors (Lipinski definition) is 32. The molecule has 3 aliphatic rings. The van der Waals surface area contributed by atoms with E-state index in [0.717, 1.165) is 147 Å². The van der Waals surface area contributed by atoms with E-state index >= 15 is 0 Å². The van der Waals surface area contributed by atoms with Gasteiger partial charge in [-0.25, -0.2) is 48.9 Å². The lowest BCUT2D eigenvalue weighted by Crippen LogP contribution is -2.32. The van der Waals surface area contributed by atoms with Crippen LogP contribution in [0.4, 0.5) is 17.5 Å². The number of nitrogen functional groups attached to an aromatic ring is 3. The van der Waals surface area contributed by atoms with Crippen LogP contribution in [0, 0.1) is 13.8 Å². The van der Waals surface area contributed by atoms with Crippen LogP contribution in [-0.4, -0.2) is 214 Å². The lowest BCUT2D eigenvalue weighted by molar-refractivity contribution is -0.197. The largest absolute Gasteiger partial charge is 0.524 e. The topological polar surface area (TPSA) is 604 Å². The van der Waals surface area contributed by atoms with Crippen molar-refractivity contribution in [2.75, 3.05) is 76.5 Å². The first-order chi connectivity index (χ1) is 71.1. The van der Waals surface area contributed by atoms with Gasteiger partial charge < -0.3 is 95.4 Å². The number of aromatic hydroxyl groups is 3. The summed E-state index contributed by atoms with van der Waals surface area (Å²) in [4.78, 5) is 203. The monoisotopic (exact) mass is 2060 g/mol. The number of ether oxygens (including phenoxy) is 3. The molecule has 43 nitrogen and oxygen atoms in total. The van der Waals surface area contributed by atoms with Gasteiger partial charge in [0.15, 0.2) is 29.0 Å². The fraction of sp³-hybridized carbons (Fsp3) is 0.423. The molecule has 0 bridgehead atoms. The maximum Gasteiger partial charge on any atom is 0.524 e. The Balaban J connectivity index is 0.000000186. The fourth-order valence-corrected chi connectivity index (χ4v) is 17.6. The smallest absolute Gasteiger partial charge is 0.508 e. The van der Waals surface area contributed by atoms with Crippen molar-refractivity contribution in [3.8, 4) is 23.0 Å². The molecule has 0 saturated carbocycles. The number of pyridine rings is 3. The number of aromatic nitrogens is 9. The van der Waals surface area contributed by atoms with Crippen molar-refractivity contribution >= 4 is 162 Å². The number of nitrogens with zero attached hydrogens (tertiary/aromatic N) is 12. The van der Waals surface area contributed by atoms with Gasteiger partial charge in [0.25, 0.3) is 35.4 Å². The Bertz CT molecular complexity index is 6950. The number of anilines is 3. The number of amides is 9. The number of para-hydroxylation sites is 1. The van der Waals surface area contributed by atoms with E-state index in [9.17, 15) is 87.2 Å². The van der Waals surface area contributed by atoms with E-state index in [-0.39, 0.29) is 150 Å². The number of phosphoric ester groups is 1. The second-order valence-electron chi connectivity index (χ2n) is 36.2. The SMILES string of the molecule is CCCCc1nc2c(N)nc3cc(CCOCCNC(=O)CCCC(=O)ON4C(=O)CCC4=O)ccc3c2n1Cc1ccc(O)c(C)c1.CCCCc1nc2c(N)nc3cc(CCOCCNC(=O)CCCC(=O)ON4C(=O)CCC4=O)ccc3c2n1Cc1ccc(OP(=O)(O)O)c(C)c1.CCCCc1nc2c(N)nc3cc(CCOCCNC(=O)CCCC(=O)ON4C(=O)CCC4=O)ccc3c2n1Cc1cccc(O)c1O. The highest BCUT2D eigenvalue weighted by atomic mass is 31.2. The average Bonchev–Trinajstić information content (AvgIpc) is 1.59. The summed E-state index contributed by atoms with van der Waals surface area (Å²) < 4.78 is 39.8. The lowest BCUT2D eigenvalue weighted by atomic mass is 10.1. The van der Waals surface area contributed by atoms with Crippen molar-refractivity contribution in [1.29, 1.82) is 0 Å². The molecule has 3 fully saturated rings. The summed E-state index contributed by atoms with van der Waals surface area (Å²) in [5, 5.41) is 43.1. The van der Waals surface area contributed by atoms with Crippen molar-refractivity contribution in [1.82, 2.24) is 74.7 Å². The predicted octanol–water partition coefficient (Wildman–Crippen LogP) is 11.2. The minimum Gasteiger partial charge on any atom is -0.508 e. The zero-order valence-corrected chi connectivity index (χ0v) is 84.3. The standard InChI is InChI=1S/C35H43N6O10P.C35H42N6O7.C34H40N6O8/c1-3-4-6-28-39-33-34(40(28)21-24-10-12-27(22(2)19-24)51-52(46,47)48)25-11-9-23(20-26(25)38-35(33)36)15-17-49-18-16-37-29(42)7-5-8-32(45)50-41-30(43)13-14-31(41)44;1-3-4-6-28-39-33-34(40(28)21-24-10-12-27(42)22(2)19-24)25-11-9-23(20-26(25)38-35(33)36)15-17-47-18-16-37-29(43)7-5-8-32(46)48-41-30(44)13-14-31(41)45;1-2-3-8-26-38-31-32(39(26)20-22-6-4-7-25(41)33(22)46)23-12-11-21(19-24(23)37-34(31)35)15-17-47-18-16-36-27(42)9-5-10-30(45)48-40-28(43)13-14-29(40)44/h9-12,19-20H,3-8,13-18,21H2,1-2H3,(H2,36,38)(H,37,42)(H2,46,47,48);9-12,19-20,42H,3-8,13-18,21H2,1-2H3,(H2,36,38)(H,37,43);4,6-7,11-12,19,41,46H,2-3,5,8-10,13-18,20H2,1H3,(H2,35,37)(H,36,42). The summed E-state index contributed by atoms with van der Waals surface area (Å²) in [6.45, 7) is 14.4. The third-order valence-electron chi connectivity index (χ3n) is 24.9. The number of unbranched alkanes of at least 4 members (excludes halogenated alkanes) is 3. The number of imide groups is 3. The first-order valence-electron chi connectivity index (χ1n) is 49.7. The Morgan fingerprint density at radius 3 is 1.04 bits per heavy atom. The number of fused-ring (bicyclic) bond motifs is 9. The second-order valence-corrected chi connectivity index (χ2v) is 37.4. The molecule has 12 aromatic rings. The number of nitrogens with two attached hydrogens (primary N) is 3.